The summed E-state index contributed by atoms with van der Waals surface area (Å²) in [6.45, 7) is 1.84. The van der Waals surface area contributed by atoms with Crippen molar-refractivity contribution in [3.05, 3.63) is 0 Å². The van der Waals surface area contributed by atoms with Crippen LogP contribution in [0, 0.1) is 0 Å². The smallest absolute Gasteiger partial charge is 0.326 e. The van der Waals surface area contributed by atoms with Crippen molar-refractivity contribution in [2.75, 3.05) is 13.1 Å². The number of carbonyl (C=O) groups is 5. The van der Waals surface area contributed by atoms with E-state index in [1.165, 1.54) is 11.8 Å². The topological polar surface area (TPSA) is 244 Å². The molecule has 1 heterocycles. The molecule has 0 spiro atoms. The minimum absolute atomic E-state index is 0.104. The maximum absolute atomic E-state index is 13.0. The summed E-state index contributed by atoms with van der Waals surface area (Å²) in [6.07, 6.45) is 0.910. The molecule has 1 rings (SSSR count). The molecule has 0 aromatic rings. The van der Waals surface area contributed by atoms with Gasteiger partial charge in [-0.2, -0.15) is 0 Å². The number of rotatable bonds is 13. The Bertz CT molecular complexity index is 770. The summed E-state index contributed by atoms with van der Waals surface area (Å²) < 4.78 is 0. The molecule has 1 aliphatic heterocycles. The fourth-order valence-corrected chi connectivity index (χ4v) is 3.34. The van der Waals surface area contributed by atoms with Crippen LogP contribution in [-0.4, -0.2) is 88.0 Å². The van der Waals surface area contributed by atoms with Gasteiger partial charge in [-0.1, -0.05) is 0 Å². The van der Waals surface area contributed by atoms with E-state index in [1.807, 2.05) is 0 Å². The van der Waals surface area contributed by atoms with Gasteiger partial charge in [-0.05, 0) is 39.0 Å². The number of aliphatic imine (C=N–C) groups is 1. The van der Waals surface area contributed by atoms with Crippen LogP contribution >= 0.6 is 0 Å². The lowest BCUT2D eigenvalue weighted by Gasteiger charge is -2.28. The maximum Gasteiger partial charge on any atom is 0.326 e. The van der Waals surface area contributed by atoms with Gasteiger partial charge >= 0.3 is 11.9 Å². The Labute approximate surface area is 190 Å². The number of carbonyl (C=O) groups excluding carboxylic acids is 3. The molecule has 1 saturated heterocycles. The second-order valence-corrected chi connectivity index (χ2v) is 7.81. The van der Waals surface area contributed by atoms with Crippen LogP contribution in [0.1, 0.15) is 45.4 Å². The zero-order valence-electron chi connectivity index (χ0n) is 18.5. The molecular weight excluding hydrogens is 438 g/mol. The second kappa shape index (κ2) is 13.2. The number of nitrogens with two attached hydrogens (primary N) is 3. The molecule has 3 amide bonds. The van der Waals surface area contributed by atoms with Gasteiger partial charge in [0.15, 0.2) is 5.96 Å². The van der Waals surface area contributed by atoms with E-state index in [-0.39, 0.29) is 38.3 Å². The van der Waals surface area contributed by atoms with Crippen molar-refractivity contribution in [3.8, 4) is 0 Å². The van der Waals surface area contributed by atoms with Crippen molar-refractivity contribution < 1.29 is 34.2 Å². The lowest BCUT2D eigenvalue weighted by molar-refractivity contribution is -0.149. The third-order valence-electron chi connectivity index (χ3n) is 5.14. The zero-order valence-corrected chi connectivity index (χ0v) is 18.5. The average molecular weight is 472 g/mol. The van der Waals surface area contributed by atoms with Gasteiger partial charge in [-0.15, -0.1) is 0 Å². The van der Waals surface area contributed by atoms with Crippen LogP contribution < -0.4 is 27.8 Å². The van der Waals surface area contributed by atoms with Gasteiger partial charge in [0.2, 0.25) is 17.7 Å². The van der Waals surface area contributed by atoms with Crippen LogP contribution in [0.2, 0.25) is 0 Å². The fraction of sp³-hybridized carbons (Fsp3) is 0.684. The summed E-state index contributed by atoms with van der Waals surface area (Å²) in [5.74, 6) is -4.28. The summed E-state index contributed by atoms with van der Waals surface area (Å²) in [5.41, 5.74) is 16.2. The molecule has 1 aliphatic rings. The molecule has 33 heavy (non-hydrogen) atoms. The molecule has 0 aromatic carbocycles. The molecule has 4 atom stereocenters. The molecule has 1 fully saturated rings. The molecule has 0 aliphatic carbocycles. The lowest BCUT2D eigenvalue weighted by Crippen LogP contribution is -2.56. The van der Waals surface area contributed by atoms with Crippen molar-refractivity contribution in [1.29, 1.82) is 0 Å². The predicted octanol–water partition coefficient (Wildman–Crippen LogP) is -2.70. The van der Waals surface area contributed by atoms with Gasteiger partial charge in [-0.3, -0.25) is 24.2 Å². The molecule has 10 N–H and O–H groups in total. The van der Waals surface area contributed by atoms with E-state index >= 15 is 0 Å². The van der Waals surface area contributed by atoms with Gasteiger partial charge in [0.05, 0.1) is 6.04 Å². The molecule has 0 radical (unpaired) electrons. The number of aliphatic carboxylic acids is 2. The highest BCUT2D eigenvalue weighted by atomic mass is 16.4. The Morgan fingerprint density at radius 2 is 1.76 bits per heavy atom. The fourth-order valence-electron chi connectivity index (χ4n) is 3.34. The average Bonchev–Trinajstić information content (AvgIpc) is 3.23. The van der Waals surface area contributed by atoms with Crippen molar-refractivity contribution >= 4 is 35.6 Å². The Hall–Kier alpha value is -3.42. The van der Waals surface area contributed by atoms with Crippen molar-refractivity contribution in [1.82, 2.24) is 15.5 Å². The number of hydrogen-bond acceptors (Lipinski definition) is 7. The SMILES string of the molecule is CC(NC(=O)C(N)CCC(=O)O)C(=O)NC(CCCN=C(N)N)C(=O)N1CCCC1C(=O)O. The first-order valence-corrected chi connectivity index (χ1v) is 10.6. The Balaban J connectivity index is 2.81. The van der Waals surface area contributed by atoms with Crippen molar-refractivity contribution in [3.63, 3.8) is 0 Å². The molecule has 14 nitrogen and oxygen atoms in total. The normalized spacial score (nSPS) is 18.0. The van der Waals surface area contributed by atoms with Crippen LogP contribution in [0.5, 0.6) is 0 Å². The number of amides is 3. The van der Waals surface area contributed by atoms with E-state index < -0.39 is 53.8 Å². The highest BCUT2D eigenvalue weighted by Gasteiger charge is 2.37. The van der Waals surface area contributed by atoms with E-state index in [9.17, 15) is 29.1 Å². The third kappa shape index (κ3) is 9.31. The summed E-state index contributed by atoms with van der Waals surface area (Å²) in [4.78, 5) is 64.9. The first-order valence-electron chi connectivity index (χ1n) is 10.6. The minimum atomic E-state index is -1.12. The summed E-state index contributed by atoms with van der Waals surface area (Å²) in [7, 11) is 0. The molecule has 0 saturated carbocycles. The number of hydrogen-bond donors (Lipinski definition) is 7. The number of carboxylic acids is 2. The number of nitrogens with one attached hydrogen (secondary N) is 2. The Kier molecular flexibility index (Phi) is 11.0. The molecule has 0 bridgehead atoms. The van der Waals surface area contributed by atoms with E-state index in [4.69, 9.17) is 22.3 Å². The van der Waals surface area contributed by atoms with E-state index in [0.29, 0.717) is 19.3 Å². The minimum Gasteiger partial charge on any atom is -0.481 e. The number of guanidine groups is 1. The highest BCUT2D eigenvalue weighted by Crippen LogP contribution is 2.19. The lowest BCUT2D eigenvalue weighted by atomic mass is 10.1. The summed E-state index contributed by atoms with van der Waals surface area (Å²) >= 11 is 0. The van der Waals surface area contributed by atoms with Crippen LogP contribution in [0.4, 0.5) is 0 Å². The zero-order chi connectivity index (χ0) is 25.1. The first-order chi connectivity index (χ1) is 15.4. The van der Waals surface area contributed by atoms with Gasteiger partial charge in [-0.25, -0.2) is 4.79 Å². The Morgan fingerprint density at radius 3 is 2.33 bits per heavy atom. The second-order valence-electron chi connectivity index (χ2n) is 7.81. The highest BCUT2D eigenvalue weighted by molar-refractivity contribution is 5.94. The first kappa shape index (κ1) is 27.6. The molecule has 0 aromatic heterocycles. The van der Waals surface area contributed by atoms with E-state index in [1.54, 1.807) is 0 Å². The summed E-state index contributed by atoms with van der Waals surface area (Å²) in [6, 6.07) is -4.21. The Morgan fingerprint density at radius 1 is 1.09 bits per heavy atom. The third-order valence-corrected chi connectivity index (χ3v) is 5.14. The van der Waals surface area contributed by atoms with Crippen molar-refractivity contribution in [2.24, 2.45) is 22.2 Å². The quantitative estimate of drug-likeness (QED) is 0.0831. The van der Waals surface area contributed by atoms with Gasteiger partial charge in [0.1, 0.15) is 18.1 Å². The van der Waals surface area contributed by atoms with Gasteiger partial charge in [0, 0.05) is 19.5 Å². The predicted molar refractivity (Wildman–Crippen MR) is 117 cm³/mol. The molecule has 186 valence electrons. The largest absolute Gasteiger partial charge is 0.481 e. The summed E-state index contributed by atoms with van der Waals surface area (Å²) in [5, 5.41) is 23.0. The van der Waals surface area contributed by atoms with Crippen LogP contribution in [0.3, 0.4) is 0 Å². The molecule has 4 unspecified atom stereocenters. The molecule has 14 heteroatoms. The molecular formula is C19H33N7O7. The number of carboxylic acid groups (broad SMARTS) is 2. The van der Waals surface area contributed by atoms with Gasteiger partial charge < -0.3 is 42.9 Å². The number of nitrogens with zero attached hydrogens (tertiary/aromatic N) is 2. The van der Waals surface area contributed by atoms with Crippen LogP contribution in [-0.2, 0) is 24.0 Å². The number of likely N-dealkylation sites (tertiary alicyclic amines) is 1. The van der Waals surface area contributed by atoms with E-state index in [2.05, 4.69) is 15.6 Å². The van der Waals surface area contributed by atoms with Crippen molar-refractivity contribution in [2.45, 2.75) is 69.6 Å². The van der Waals surface area contributed by atoms with Gasteiger partial charge in [0.25, 0.3) is 0 Å². The maximum atomic E-state index is 13.0. The van der Waals surface area contributed by atoms with E-state index in [0.717, 1.165) is 0 Å². The van der Waals surface area contributed by atoms with Crippen LogP contribution in [0.25, 0.3) is 0 Å². The monoisotopic (exact) mass is 471 g/mol. The van der Waals surface area contributed by atoms with Crippen LogP contribution in [0.15, 0.2) is 4.99 Å². The standard InChI is InChI=1S/C19H33N7O7/c1-10(24-16(30)11(20)6-7-14(27)28)15(29)25-12(4-2-8-23-19(21)22)17(31)26-9-3-5-13(26)18(32)33/h10-13H,2-9,20H2,1H3,(H,24,30)(H,25,29)(H,27,28)(H,32,33)(H4,21,22,23).